The zero-order valence-corrected chi connectivity index (χ0v) is 32.7. The molecule has 1 aliphatic rings. The van der Waals surface area contributed by atoms with E-state index in [4.69, 9.17) is 0 Å². The maximum atomic E-state index is 2.41. The summed E-state index contributed by atoms with van der Waals surface area (Å²) in [4.78, 5) is 2.39. The molecule has 0 unspecified atom stereocenters. The fraction of sp³-hybridized carbons (Fsp3) is 0.0545. The van der Waals surface area contributed by atoms with Crippen LogP contribution in [0.2, 0.25) is 0 Å². The van der Waals surface area contributed by atoms with Gasteiger partial charge in [-0.3, -0.25) is 0 Å². The van der Waals surface area contributed by atoms with Gasteiger partial charge >= 0.3 is 0 Å². The summed E-state index contributed by atoms with van der Waals surface area (Å²) in [6, 6.07) is 73.8. The van der Waals surface area contributed by atoms with Crippen LogP contribution in [-0.4, -0.2) is 0 Å². The lowest BCUT2D eigenvalue weighted by Gasteiger charge is -2.26. The van der Waals surface area contributed by atoms with Crippen molar-refractivity contribution in [3.05, 3.63) is 211 Å². The first kappa shape index (κ1) is 33.6. The summed E-state index contributed by atoms with van der Waals surface area (Å²) in [6.07, 6.45) is 0. The molecule has 0 spiro atoms. The molecular weight excluding hydrogens is 707 g/mol. The third-order valence-corrected chi connectivity index (χ3v) is 13.3. The van der Waals surface area contributed by atoms with E-state index in [0.29, 0.717) is 0 Å². The van der Waals surface area contributed by atoms with Gasteiger partial charge in [0.15, 0.2) is 0 Å². The molecular formula is C55H39NS. The zero-order valence-electron chi connectivity index (χ0n) is 31.9. The van der Waals surface area contributed by atoms with E-state index in [2.05, 4.69) is 219 Å². The van der Waals surface area contributed by atoms with Crippen molar-refractivity contribution < 1.29 is 0 Å². The van der Waals surface area contributed by atoms with Crippen molar-refractivity contribution in [1.82, 2.24) is 0 Å². The molecule has 2 heteroatoms. The topological polar surface area (TPSA) is 3.24 Å². The Kier molecular flexibility index (Phi) is 7.77. The van der Waals surface area contributed by atoms with Gasteiger partial charge in [-0.05, 0) is 121 Å². The highest BCUT2D eigenvalue weighted by Gasteiger charge is 2.35. The summed E-state index contributed by atoms with van der Waals surface area (Å²) in [5.41, 5.74) is 16.1. The Labute approximate surface area is 337 Å². The van der Waals surface area contributed by atoms with E-state index in [1.165, 1.54) is 86.6 Å². The minimum Gasteiger partial charge on any atom is -0.310 e. The Morgan fingerprint density at radius 1 is 0.368 bits per heavy atom. The van der Waals surface area contributed by atoms with Gasteiger partial charge in [0, 0.05) is 42.6 Å². The van der Waals surface area contributed by atoms with E-state index in [1.54, 1.807) is 0 Å². The van der Waals surface area contributed by atoms with E-state index >= 15 is 0 Å². The van der Waals surface area contributed by atoms with E-state index < -0.39 is 0 Å². The first-order valence-corrected chi connectivity index (χ1v) is 20.6. The molecule has 270 valence electrons. The Bertz CT molecular complexity index is 3150. The van der Waals surface area contributed by atoms with Crippen molar-refractivity contribution in [2.75, 3.05) is 4.90 Å². The predicted octanol–water partition coefficient (Wildman–Crippen LogP) is 16.0. The van der Waals surface area contributed by atoms with Crippen molar-refractivity contribution >= 4 is 59.3 Å². The quantitative estimate of drug-likeness (QED) is 0.164. The average molecular weight is 746 g/mol. The molecule has 0 radical (unpaired) electrons. The number of fused-ring (bicyclic) bond motifs is 7. The molecule has 1 aliphatic carbocycles. The van der Waals surface area contributed by atoms with Crippen LogP contribution >= 0.6 is 11.3 Å². The van der Waals surface area contributed by atoms with E-state index in [-0.39, 0.29) is 5.41 Å². The number of thiophene rings is 1. The van der Waals surface area contributed by atoms with Crippen molar-refractivity contribution in [3.63, 3.8) is 0 Å². The fourth-order valence-corrected chi connectivity index (χ4v) is 10.3. The fourth-order valence-electron chi connectivity index (χ4n) is 9.09. The Morgan fingerprint density at radius 2 is 0.965 bits per heavy atom. The van der Waals surface area contributed by atoms with Gasteiger partial charge in [-0.1, -0.05) is 159 Å². The summed E-state index contributed by atoms with van der Waals surface area (Å²) < 4.78 is 2.66. The SMILES string of the molecule is CC1(C)c2ccccc2-c2ccc(-c3ccc(N(c4ccc(-c5cccc6c5sc5ccccc56)cc4)c4cccc(-c5ccc6ccccc6c5)c4)cc3)cc21. The van der Waals surface area contributed by atoms with Gasteiger partial charge in [0.1, 0.15) is 0 Å². The minimum absolute atomic E-state index is 0.0383. The first-order valence-electron chi connectivity index (χ1n) is 19.7. The Hall–Kier alpha value is -6.74. The summed E-state index contributed by atoms with van der Waals surface area (Å²) >= 11 is 1.88. The highest BCUT2D eigenvalue weighted by atomic mass is 32.1. The standard InChI is InChI=1S/C55H39NS/c1-55(2)51-19-7-5-15-47(51)48-32-27-42(35-52(48)55)37-23-28-43(29-24-37)56(45-14-9-13-40(34-45)41-22-21-36-11-3-4-12-39(36)33-41)44-30-25-38(26-31-44)46-17-10-18-50-49-16-6-8-20-53(49)57-54(46)50/h3-35H,1-2H3. The second-order valence-corrected chi connectivity index (χ2v) is 16.8. The average Bonchev–Trinajstić information content (AvgIpc) is 3.76. The molecule has 0 fully saturated rings. The second-order valence-electron chi connectivity index (χ2n) is 15.8. The summed E-state index contributed by atoms with van der Waals surface area (Å²) in [7, 11) is 0. The number of hydrogen-bond donors (Lipinski definition) is 0. The van der Waals surface area contributed by atoms with Crippen LogP contribution in [-0.2, 0) is 5.41 Å². The van der Waals surface area contributed by atoms with E-state index in [9.17, 15) is 0 Å². The van der Waals surface area contributed by atoms with Crippen LogP contribution in [0.3, 0.4) is 0 Å². The lowest BCUT2D eigenvalue weighted by molar-refractivity contribution is 0.660. The van der Waals surface area contributed by atoms with Crippen molar-refractivity contribution in [1.29, 1.82) is 0 Å². The minimum atomic E-state index is -0.0383. The molecule has 0 atom stereocenters. The third kappa shape index (κ3) is 5.59. The molecule has 0 amide bonds. The maximum absolute atomic E-state index is 2.41. The van der Waals surface area contributed by atoms with Gasteiger partial charge in [-0.15, -0.1) is 11.3 Å². The Balaban J connectivity index is 0.996. The van der Waals surface area contributed by atoms with Crippen molar-refractivity contribution in [3.8, 4) is 44.5 Å². The third-order valence-electron chi connectivity index (χ3n) is 12.1. The summed E-state index contributed by atoms with van der Waals surface area (Å²) in [6.45, 7) is 4.70. The molecule has 9 aromatic carbocycles. The predicted molar refractivity (Wildman–Crippen MR) is 245 cm³/mol. The molecule has 0 bridgehead atoms. The molecule has 0 N–H and O–H groups in total. The highest BCUT2D eigenvalue weighted by molar-refractivity contribution is 7.26. The number of anilines is 3. The van der Waals surface area contributed by atoms with Gasteiger partial charge in [0.05, 0.1) is 0 Å². The lowest BCUT2D eigenvalue weighted by Crippen LogP contribution is -2.14. The van der Waals surface area contributed by atoms with Crippen molar-refractivity contribution in [2.24, 2.45) is 0 Å². The number of benzene rings is 9. The number of nitrogens with zero attached hydrogens (tertiary/aromatic N) is 1. The second kappa shape index (κ2) is 13.2. The van der Waals surface area contributed by atoms with Gasteiger partial charge in [-0.25, -0.2) is 0 Å². The summed E-state index contributed by atoms with van der Waals surface area (Å²) in [5, 5.41) is 5.14. The highest BCUT2D eigenvalue weighted by Crippen LogP contribution is 2.50. The number of hydrogen-bond acceptors (Lipinski definition) is 2. The number of rotatable bonds is 6. The van der Waals surface area contributed by atoms with Gasteiger partial charge in [0.2, 0.25) is 0 Å². The molecule has 1 heterocycles. The van der Waals surface area contributed by atoms with Crippen LogP contribution in [0.5, 0.6) is 0 Å². The van der Waals surface area contributed by atoms with Crippen molar-refractivity contribution in [2.45, 2.75) is 19.3 Å². The molecule has 1 aromatic heterocycles. The normalized spacial score (nSPS) is 12.9. The molecule has 0 saturated heterocycles. The van der Waals surface area contributed by atoms with E-state index in [0.717, 1.165) is 17.1 Å². The lowest BCUT2D eigenvalue weighted by atomic mass is 9.81. The maximum Gasteiger partial charge on any atom is 0.0467 e. The largest absolute Gasteiger partial charge is 0.310 e. The first-order chi connectivity index (χ1) is 28.0. The Morgan fingerprint density at radius 3 is 1.81 bits per heavy atom. The van der Waals surface area contributed by atoms with Crippen LogP contribution in [0.1, 0.15) is 25.0 Å². The zero-order chi connectivity index (χ0) is 38.1. The van der Waals surface area contributed by atoms with Gasteiger partial charge in [-0.2, -0.15) is 0 Å². The molecule has 1 nitrogen and oxygen atoms in total. The van der Waals surface area contributed by atoms with Gasteiger partial charge < -0.3 is 4.90 Å². The molecule has 10 aromatic rings. The molecule has 0 saturated carbocycles. The molecule has 0 aliphatic heterocycles. The van der Waals surface area contributed by atoms with Crippen LogP contribution in [0, 0.1) is 0 Å². The van der Waals surface area contributed by atoms with Crippen LogP contribution in [0.25, 0.3) is 75.5 Å². The van der Waals surface area contributed by atoms with Crippen LogP contribution < -0.4 is 4.90 Å². The van der Waals surface area contributed by atoms with Crippen LogP contribution in [0.4, 0.5) is 17.1 Å². The monoisotopic (exact) mass is 745 g/mol. The molecule has 11 rings (SSSR count). The van der Waals surface area contributed by atoms with Crippen LogP contribution in [0.15, 0.2) is 200 Å². The summed E-state index contributed by atoms with van der Waals surface area (Å²) in [5.74, 6) is 0. The van der Waals surface area contributed by atoms with Gasteiger partial charge in [0.25, 0.3) is 0 Å². The smallest absolute Gasteiger partial charge is 0.0467 e. The van der Waals surface area contributed by atoms with E-state index in [1.807, 2.05) is 11.3 Å². The molecule has 57 heavy (non-hydrogen) atoms.